The number of aromatic nitrogens is 3. The Labute approximate surface area is 87.6 Å². The molecule has 2 heterocycles. The minimum atomic E-state index is -0.408. The Kier molecular flexibility index (Phi) is 2.96. The third kappa shape index (κ3) is 2.15. The number of hydrogen-bond donors (Lipinski definition) is 1. The van der Waals surface area contributed by atoms with Crippen molar-refractivity contribution in [2.24, 2.45) is 0 Å². The normalized spacial score (nSPS) is 20.5. The number of carbonyl (C=O) groups is 1. The van der Waals surface area contributed by atoms with E-state index in [0.29, 0.717) is 12.6 Å². The van der Waals surface area contributed by atoms with E-state index in [1.807, 2.05) is 0 Å². The molecule has 1 N–H and O–H groups in total. The molecule has 0 aliphatic carbocycles. The van der Waals surface area contributed by atoms with Crippen LogP contribution in [0.5, 0.6) is 0 Å². The molecule has 1 aliphatic rings. The summed E-state index contributed by atoms with van der Waals surface area (Å²) in [6, 6.07) is 0.306. The van der Waals surface area contributed by atoms with E-state index in [4.69, 9.17) is 4.74 Å². The Morgan fingerprint density at radius 1 is 1.80 bits per heavy atom. The van der Waals surface area contributed by atoms with Crippen LogP contribution in [0.2, 0.25) is 0 Å². The molecule has 0 spiro atoms. The topological polar surface area (TPSA) is 69.0 Å². The summed E-state index contributed by atoms with van der Waals surface area (Å²) < 4.78 is 6.56. The van der Waals surface area contributed by atoms with Crippen LogP contribution in [0, 0.1) is 0 Å². The fraction of sp³-hybridized carbons (Fsp3) is 0.667. The van der Waals surface area contributed by atoms with Gasteiger partial charge in [-0.2, -0.15) is 0 Å². The van der Waals surface area contributed by atoms with Crippen molar-refractivity contribution in [3.05, 3.63) is 11.9 Å². The van der Waals surface area contributed by atoms with Crippen molar-refractivity contribution in [2.75, 3.05) is 19.7 Å². The monoisotopic (exact) mass is 210 g/mol. The number of rotatable bonds is 3. The van der Waals surface area contributed by atoms with Gasteiger partial charge in [0.15, 0.2) is 5.69 Å². The molecule has 15 heavy (non-hydrogen) atoms. The first kappa shape index (κ1) is 10.1. The molecule has 6 heteroatoms. The molecule has 0 unspecified atom stereocenters. The average Bonchev–Trinajstić information content (AvgIpc) is 2.89. The van der Waals surface area contributed by atoms with Crippen LogP contribution in [-0.2, 0) is 4.74 Å². The van der Waals surface area contributed by atoms with Crippen LogP contribution < -0.4 is 5.32 Å². The van der Waals surface area contributed by atoms with E-state index in [1.165, 1.54) is 0 Å². The first-order chi connectivity index (χ1) is 7.31. The lowest BCUT2D eigenvalue weighted by Crippen LogP contribution is -2.13. The van der Waals surface area contributed by atoms with E-state index in [0.717, 1.165) is 19.5 Å². The second kappa shape index (κ2) is 4.39. The van der Waals surface area contributed by atoms with E-state index in [9.17, 15) is 4.79 Å². The first-order valence-electron chi connectivity index (χ1n) is 5.11. The molecule has 82 valence electrons. The maximum atomic E-state index is 11.3. The van der Waals surface area contributed by atoms with E-state index in [-0.39, 0.29) is 5.69 Å². The Balaban J connectivity index is 2.06. The summed E-state index contributed by atoms with van der Waals surface area (Å²) in [7, 11) is 0. The molecule has 1 atom stereocenters. The van der Waals surface area contributed by atoms with Gasteiger partial charge in [0.1, 0.15) is 0 Å². The zero-order valence-corrected chi connectivity index (χ0v) is 8.64. The molecular weight excluding hydrogens is 196 g/mol. The third-order valence-corrected chi connectivity index (χ3v) is 2.40. The quantitative estimate of drug-likeness (QED) is 0.710. The van der Waals surface area contributed by atoms with Crippen LogP contribution in [0.1, 0.15) is 29.9 Å². The fourth-order valence-corrected chi connectivity index (χ4v) is 1.62. The van der Waals surface area contributed by atoms with Crippen molar-refractivity contribution < 1.29 is 9.53 Å². The summed E-state index contributed by atoms with van der Waals surface area (Å²) in [6.07, 6.45) is 2.67. The van der Waals surface area contributed by atoms with Gasteiger partial charge in [-0.25, -0.2) is 9.48 Å². The van der Waals surface area contributed by atoms with Crippen LogP contribution >= 0.6 is 0 Å². The number of ether oxygens (including phenoxy) is 1. The van der Waals surface area contributed by atoms with Crippen LogP contribution in [0.15, 0.2) is 6.20 Å². The largest absolute Gasteiger partial charge is 0.461 e. The molecule has 1 fully saturated rings. The lowest BCUT2D eigenvalue weighted by atomic mass is 10.3. The Bertz CT molecular complexity index is 344. The zero-order chi connectivity index (χ0) is 10.7. The van der Waals surface area contributed by atoms with Gasteiger partial charge in [-0.05, 0) is 19.9 Å². The van der Waals surface area contributed by atoms with Gasteiger partial charge in [0.05, 0.1) is 18.8 Å². The number of hydrogen-bond acceptors (Lipinski definition) is 5. The summed E-state index contributed by atoms with van der Waals surface area (Å²) in [5.74, 6) is -0.408. The molecule has 6 nitrogen and oxygen atoms in total. The number of nitrogens with zero attached hydrogens (tertiary/aromatic N) is 3. The zero-order valence-electron chi connectivity index (χ0n) is 8.64. The minimum Gasteiger partial charge on any atom is -0.461 e. The van der Waals surface area contributed by atoms with Crippen molar-refractivity contribution in [1.29, 1.82) is 0 Å². The lowest BCUT2D eigenvalue weighted by molar-refractivity contribution is 0.0519. The molecule has 1 aliphatic heterocycles. The Hall–Kier alpha value is -1.43. The van der Waals surface area contributed by atoms with Gasteiger partial charge in [0.2, 0.25) is 0 Å². The van der Waals surface area contributed by atoms with Gasteiger partial charge in [0.25, 0.3) is 0 Å². The standard InChI is InChI=1S/C9H14N4O2/c1-2-15-9(14)8-6-13(12-11-8)7-3-4-10-5-7/h6-7,10H,2-5H2,1H3/t7-/m1/s1. The van der Waals surface area contributed by atoms with Gasteiger partial charge >= 0.3 is 5.97 Å². The molecular formula is C9H14N4O2. The summed E-state index contributed by atoms with van der Waals surface area (Å²) in [5.41, 5.74) is 0.281. The smallest absolute Gasteiger partial charge is 0.360 e. The Morgan fingerprint density at radius 2 is 2.67 bits per heavy atom. The summed E-state index contributed by atoms with van der Waals surface area (Å²) in [6.45, 7) is 3.99. The minimum absolute atomic E-state index is 0.281. The second-order valence-corrected chi connectivity index (χ2v) is 3.45. The summed E-state index contributed by atoms with van der Waals surface area (Å²) >= 11 is 0. The highest BCUT2D eigenvalue weighted by atomic mass is 16.5. The summed E-state index contributed by atoms with van der Waals surface area (Å²) in [5, 5.41) is 10.9. The van der Waals surface area contributed by atoms with Gasteiger partial charge in [0, 0.05) is 6.54 Å². The highest BCUT2D eigenvalue weighted by Gasteiger charge is 2.19. The van der Waals surface area contributed by atoms with E-state index in [2.05, 4.69) is 15.6 Å². The molecule has 2 rings (SSSR count). The van der Waals surface area contributed by atoms with Crippen molar-refractivity contribution in [3.63, 3.8) is 0 Å². The third-order valence-electron chi connectivity index (χ3n) is 2.40. The van der Waals surface area contributed by atoms with Crippen LogP contribution in [0.4, 0.5) is 0 Å². The fourth-order valence-electron chi connectivity index (χ4n) is 1.62. The van der Waals surface area contributed by atoms with Gasteiger partial charge in [-0.15, -0.1) is 5.10 Å². The first-order valence-corrected chi connectivity index (χ1v) is 5.11. The molecule has 0 amide bonds. The highest BCUT2D eigenvalue weighted by Crippen LogP contribution is 2.13. The lowest BCUT2D eigenvalue weighted by Gasteiger charge is -2.05. The molecule has 0 bridgehead atoms. The number of nitrogens with one attached hydrogen (secondary N) is 1. The molecule has 1 aromatic rings. The van der Waals surface area contributed by atoms with Crippen molar-refractivity contribution in [1.82, 2.24) is 20.3 Å². The van der Waals surface area contributed by atoms with E-state index in [1.54, 1.807) is 17.8 Å². The number of esters is 1. The van der Waals surface area contributed by atoms with E-state index >= 15 is 0 Å². The van der Waals surface area contributed by atoms with Crippen LogP contribution in [0.3, 0.4) is 0 Å². The van der Waals surface area contributed by atoms with Gasteiger partial charge in [-0.3, -0.25) is 0 Å². The van der Waals surface area contributed by atoms with Crippen molar-refractivity contribution in [3.8, 4) is 0 Å². The molecule has 0 radical (unpaired) electrons. The van der Waals surface area contributed by atoms with Gasteiger partial charge in [-0.1, -0.05) is 5.21 Å². The molecule has 1 saturated heterocycles. The average molecular weight is 210 g/mol. The maximum Gasteiger partial charge on any atom is 0.360 e. The maximum absolute atomic E-state index is 11.3. The Morgan fingerprint density at radius 3 is 3.33 bits per heavy atom. The summed E-state index contributed by atoms with van der Waals surface area (Å²) in [4.78, 5) is 11.3. The molecule has 0 aromatic carbocycles. The molecule has 1 aromatic heterocycles. The van der Waals surface area contributed by atoms with Crippen LogP contribution in [0.25, 0.3) is 0 Å². The molecule has 0 saturated carbocycles. The van der Waals surface area contributed by atoms with Gasteiger partial charge < -0.3 is 10.1 Å². The van der Waals surface area contributed by atoms with Crippen LogP contribution in [-0.4, -0.2) is 40.7 Å². The van der Waals surface area contributed by atoms with Crippen molar-refractivity contribution >= 4 is 5.97 Å². The SMILES string of the molecule is CCOC(=O)c1cn([C@@H]2CCNC2)nn1. The highest BCUT2D eigenvalue weighted by molar-refractivity contribution is 5.86. The second-order valence-electron chi connectivity index (χ2n) is 3.45. The van der Waals surface area contributed by atoms with Crippen molar-refractivity contribution in [2.45, 2.75) is 19.4 Å². The number of carbonyl (C=O) groups excluding carboxylic acids is 1. The predicted octanol–water partition coefficient (Wildman–Crippen LogP) is -0.0108. The predicted molar refractivity (Wildman–Crippen MR) is 52.5 cm³/mol. The van der Waals surface area contributed by atoms with E-state index < -0.39 is 5.97 Å².